The molecule has 0 saturated carbocycles. The number of phosphoric acid groups is 1. The summed E-state index contributed by atoms with van der Waals surface area (Å²) in [7, 11) is 1.58. The molecule has 1 amide bonds. The summed E-state index contributed by atoms with van der Waals surface area (Å²) in [4.78, 5) is 23.4. The van der Waals surface area contributed by atoms with Gasteiger partial charge < -0.3 is 19.8 Å². The molecule has 0 rings (SSSR count). The van der Waals surface area contributed by atoms with Crippen LogP contribution in [0.1, 0.15) is 303 Å². The van der Waals surface area contributed by atoms with Crippen molar-refractivity contribution in [3.63, 3.8) is 0 Å². The summed E-state index contributed by atoms with van der Waals surface area (Å²) in [5.74, 6) is -0.175. The maximum atomic E-state index is 13.0. The zero-order valence-electron chi connectivity index (χ0n) is 52.6. The van der Waals surface area contributed by atoms with E-state index in [1.807, 2.05) is 27.2 Å². The van der Waals surface area contributed by atoms with Crippen LogP contribution < -0.4 is 5.32 Å². The Kier molecular flexibility index (Phi) is 58.5. The van der Waals surface area contributed by atoms with Crippen LogP contribution in [-0.2, 0) is 18.4 Å². The molecule has 0 fully saturated rings. The lowest BCUT2D eigenvalue weighted by Crippen LogP contribution is -2.45. The van der Waals surface area contributed by atoms with Crippen LogP contribution in [0.5, 0.6) is 0 Å². The number of aliphatic hydroxyl groups is 1. The van der Waals surface area contributed by atoms with Crippen LogP contribution in [0.15, 0.2) is 85.1 Å². The fourth-order valence-corrected chi connectivity index (χ4v) is 10.4. The summed E-state index contributed by atoms with van der Waals surface area (Å²) in [6, 6.07) is -0.851. The molecule has 0 spiro atoms. The summed E-state index contributed by atoms with van der Waals surface area (Å²) in [5, 5.41) is 14.0. The van der Waals surface area contributed by atoms with Crippen LogP contribution in [0.3, 0.4) is 0 Å². The van der Waals surface area contributed by atoms with E-state index in [1.54, 1.807) is 6.08 Å². The molecular formula is C70H130N2O6P+. The SMILES string of the molecule is CC/C=C\C/C=C\C/C=C\C/C=C\C/C=C\C/C=C\CCCCCCCCCCCCCCCCCCC(=O)NC(COP(=O)(O)OCC[N+](C)(C)C)C(O)/C=C/CCCCCCCCCCCCCCCCCCCCCC. The van der Waals surface area contributed by atoms with Crippen molar-refractivity contribution in [2.75, 3.05) is 40.9 Å². The number of phosphoric ester groups is 1. The van der Waals surface area contributed by atoms with E-state index in [0.717, 1.165) is 77.0 Å². The van der Waals surface area contributed by atoms with Crippen LogP contribution >= 0.6 is 7.82 Å². The Balaban J connectivity index is 4.07. The van der Waals surface area contributed by atoms with Crippen molar-refractivity contribution in [2.24, 2.45) is 0 Å². The van der Waals surface area contributed by atoms with Crippen molar-refractivity contribution in [1.82, 2.24) is 5.32 Å². The molecule has 0 aliphatic heterocycles. The molecule has 0 saturated heterocycles. The Hall–Kier alpha value is -2.32. The summed E-state index contributed by atoms with van der Waals surface area (Å²) in [6.07, 6.45) is 85.7. The maximum Gasteiger partial charge on any atom is 0.472 e. The number of quaternary nitrogens is 1. The zero-order chi connectivity index (χ0) is 57.7. The zero-order valence-corrected chi connectivity index (χ0v) is 53.5. The predicted octanol–water partition coefficient (Wildman–Crippen LogP) is 21.2. The second kappa shape index (κ2) is 60.3. The van der Waals surface area contributed by atoms with Crippen LogP contribution in [0.25, 0.3) is 0 Å². The van der Waals surface area contributed by atoms with E-state index in [9.17, 15) is 19.4 Å². The van der Waals surface area contributed by atoms with Gasteiger partial charge in [-0.3, -0.25) is 13.8 Å². The number of carbonyl (C=O) groups is 1. The minimum absolute atomic E-state index is 0.0602. The number of likely N-dealkylation sites (N-methyl/N-ethyl adjacent to an activating group) is 1. The molecule has 0 aromatic carbocycles. The third-order valence-electron chi connectivity index (χ3n) is 14.9. The van der Waals surface area contributed by atoms with Crippen molar-refractivity contribution in [3.05, 3.63) is 85.1 Å². The number of amides is 1. The fraction of sp³-hybridized carbons (Fsp3) is 0.786. The smallest absolute Gasteiger partial charge is 0.387 e. The van der Waals surface area contributed by atoms with E-state index >= 15 is 0 Å². The molecule has 0 bridgehead atoms. The van der Waals surface area contributed by atoms with Gasteiger partial charge in [-0.25, -0.2) is 4.57 Å². The van der Waals surface area contributed by atoms with Gasteiger partial charge in [-0.2, -0.15) is 0 Å². The lowest BCUT2D eigenvalue weighted by atomic mass is 10.0. The number of nitrogens with zero attached hydrogens (tertiary/aromatic N) is 1. The third kappa shape index (κ3) is 63.1. The van der Waals surface area contributed by atoms with Gasteiger partial charge in [-0.1, -0.05) is 311 Å². The normalized spacial score (nSPS) is 14.3. The first kappa shape index (κ1) is 76.7. The van der Waals surface area contributed by atoms with Crippen molar-refractivity contribution >= 4 is 13.7 Å². The van der Waals surface area contributed by atoms with E-state index in [0.29, 0.717) is 17.4 Å². The number of unbranched alkanes of at least 4 members (excludes halogenated alkanes) is 36. The van der Waals surface area contributed by atoms with Crippen molar-refractivity contribution in [3.8, 4) is 0 Å². The van der Waals surface area contributed by atoms with E-state index < -0.39 is 20.0 Å². The third-order valence-corrected chi connectivity index (χ3v) is 15.9. The van der Waals surface area contributed by atoms with Gasteiger partial charge in [0.05, 0.1) is 39.9 Å². The molecule has 79 heavy (non-hydrogen) atoms. The minimum atomic E-state index is -4.35. The van der Waals surface area contributed by atoms with Crippen molar-refractivity contribution in [1.29, 1.82) is 0 Å². The van der Waals surface area contributed by atoms with Gasteiger partial charge in [0.15, 0.2) is 0 Å². The summed E-state index contributed by atoms with van der Waals surface area (Å²) in [6.45, 7) is 4.73. The standard InChI is InChI=1S/C70H129N2O6P/c1-6-8-10-12-14-16-18-20-22-24-26-28-30-31-32-33-34-35-36-37-38-39-40-41-42-44-46-48-50-52-54-56-58-60-62-64-70(74)71-68(67-78-79(75,76)77-66-65-72(3,4)5)69(73)63-61-59-57-55-53-51-49-47-45-43-29-27-25-23-21-19-17-15-13-11-9-7-2/h8,10,14,16,20,22,26,28,31-32,34-35,61,63,68-69,73H,6-7,9,11-13,15,17-19,21,23-25,27,29-30,33,36-60,62,64-67H2,1-5H3,(H-,71,74,75,76)/p+1/b10-8-,16-14-,22-20-,28-26-,32-31-,35-34-,63-61+. The molecule has 3 atom stereocenters. The van der Waals surface area contributed by atoms with Crippen molar-refractivity contribution < 1.29 is 32.9 Å². The Morgan fingerprint density at radius 3 is 1.11 bits per heavy atom. The molecule has 460 valence electrons. The number of carbonyl (C=O) groups excluding carboxylic acids is 1. The Labute approximate surface area is 490 Å². The Morgan fingerprint density at radius 2 is 0.759 bits per heavy atom. The average molecular weight is 1130 g/mol. The first-order valence-corrected chi connectivity index (χ1v) is 35.0. The van der Waals surface area contributed by atoms with Gasteiger partial charge >= 0.3 is 7.82 Å². The van der Waals surface area contributed by atoms with Crippen LogP contribution in [0, 0.1) is 0 Å². The molecule has 0 aliphatic rings. The Morgan fingerprint density at radius 1 is 0.443 bits per heavy atom. The van der Waals surface area contributed by atoms with Gasteiger partial charge in [-0.15, -0.1) is 0 Å². The van der Waals surface area contributed by atoms with Crippen LogP contribution in [0.4, 0.5) is 0 Å². The van der Waals surface area contributed by atoms with E-state index in [2.05, 4.69) is 92.1 Å². The molecule has 0 aromatic rings. The highest BCUT2D eigenvalue weighted by Crippen LogP contribution is 2.43. The van der Waals surface area contributed by atoms with Crippen LogP contribution in [0.2, 0.25) is 0 Å². The van der Waals surface area contributed by atoms with E-state index in [-0.39, 0.29) is 19.1 Å². The quantitative estimate of drug-likeness (QED) is 0.0243. The van der Waals surface area contributed by atoms with Crippen molar-refractivity contribution in [2.45, 2.75) is 315 Å². The summed E-state index contributed by atoms with van der Waals surface area (Å²) < 4.78 is 23.8. The monoisotopic (exact) mass is 1130 g/mol. The van der Waals surface area contributed by atoms with E-state index in [1.165, 1.54) is 205 Å². The number of allylic oxidation sites excluding steroid dienone is 13. The lowest BCUT2D eigenvalue weighted by Gasteiger charge is -2.25. The van der Waals surface area contributed by atoms with E-state index in [4.69, 9.17) is 9.05 Å². The highest BCUT2D eigenvalue weighted by Gasteiger charge is 2.28. The number of aliphatic hydroxyl groups excluding tert-OH is 1. The second-order valence-electron chi connectivity index (χ2n) is 23.8. The minimum Gasteiger partial charge on any atom is -0.387 e. The Bertz CT molecular complexity index is 1560. The molecule has 0 aliphatic carbocycles. The molecule has 3 N–H and O–H groups in total. The number of hydrogen-bond donors (Lipinski definition) is 3. The van der Waals surface area contributed by atoms with Crippen LogP contribution in [-0.4, -0.2) is 73.4 Å². The average Bonchev–Trinajstić information content (AvgIpc) is 3.42. The molecule has 0 aromatic heterocycles. The number of nitrogens with one attached hydrogen (secondary N) is 1. The second-order valence-corrected chi connectivity index (χ2v) is 25.3. The molecule has 3 unspecified atom stereocenters. The van der Waals surface area contributed by atoms with Gasteiger partial charge in [0.2, 0.25) is 5.91 Å². The van der Waals surface area contributed by atoms with Gasteiger partial charge in [0.25, 0.3) is 0 Å². The molecular weight excluding hydrogens is 996 g/mol. The molecule has 8 nitrogen and oxygen atoms in total. The molecule has 0 heterocycles. The first-order valence-electron chi connectivity index (χ1n) is 33.5. The fourth-order valence-electron chi connectivity index (χ4n) is 9.70. The molecule has 9 heteroatoms. The summed E-state index contributed by atoms with van der Waals surface area (Å²) >= 11 is 0. The largest absolute Gasteiger partial charge is 0.472 e. The predicted molar refractivity (Wildman–Crippen MR) is 346 cm³/mol. The van der Waals surface area contributed by atoms with Gasteiger partial charge in [0.1, 0.15) is 13.2 Å². The molecule has 0 radical (unpaired) electrons. The summed E-state index contributed by atoms with van der Waals surface area (Å²) in [5.41, 5.74) is 0. The lowest BCUT2D eigenvalue weighted by molar-refractivity contribution is -0.870. The number of hydrogen-bond acceptors (Lipinski definition) is 5. The number of rotatable bonds is 61. The maximum absolute atomic E-state index is 13.0. The topological polar surface area (TPSA) is 105 Å². The van der Waals surface area contributed by atoms with Gasteiger partial charge in [0, 0.05) is 6.42 Å². The van der Waals surface area contributed by atoms with Gasteiger partial charge in [-0.05, 0) is 70.6 Å². The highest BCUT2D eigenvalue weighted by atomic mass is 31.2. The highest BCUT2D eigenvalue weighted by molar-refractivity contribution is 7.47. The first-order chi connectivity index (χ1) is 38.5.